The van der Waals surface area contributed by atoms with Gasteiger partial charge in [0.1, 0.15) is 0 Å². The Morgan fingerprint density at radius 1 is 1.11 bits per heavy atom. The van der Waals surface area contributed by atoms with Crippen LogP contribution in [0.3, 0.4) is 0 Å². The van der Waals surface area contributed by atoms with Gasteiger partial charge in [-0.15, -0.1) is 0 Å². The molecule has 1 aromatic carbocycles. The number of likely N-dealkylation sites (tertiary alicyclic amines) is 1. The lowest BCUT2D eigenvalue weighted by Crippen LogP contribution is -2.50. The van der Waals surface area contributed by atoms with E-state index in [1.165, 1.54) is 36.1 Å². The fourth-order valence-electron chi connectivity index (χ4n) is 3.16. The third-order valence-corrected chi connectivity index (χ3v) is 4.04. The van der Waals surface area contributed by atoms with Gasteiger partial charge in [-0.25, -0.2) is 0 Å². The van der Waals surface area contributed by atoms with E-state index in [1.54, 1.807) is 0 Å². The van der Waals surface area contributed by atoms with Crippen LogP contribution >= 0.6 is 0 Å². The molecule has 2 rings (SSSR count). The van der Waals surface area contributed by atoms with E-state index in [4.69, 9.17) is 4.74 Å². The van der Waals surface area contributed by atoms with E-state index in [0.717, 1.165) is 13.1 Å². The minimum atomic E-state index is 0.0418. The van der Waals surface area contributed by atoms with Gasteiger partial charge >= 0.3 is 0 Å². The Morgan fingerprint density at radius 2 is 1.68 bits per heavy atom. The minimum absolute atomic E-state index is 0.0418. The highest BCUT2D eigenvalue weighted by atomic mass is 16.5. The van der Waals surface area contributed by atoms with Crippen LogP contribution in [0.5, 0.6) is 0 Å². The lowest BCUT2D eigenvalue weighted by atomic mass is 10.1. The number of nitrogens with zero attached hydrogens (tertiary/aromatic N) is 2. The number of methoxy groups -OCH3 is 1. The van der Waals surface area contributed by atoms with Gasteiger partial charge in [0.2, 0.25) is 0 Å². The SMILES string of the molecule is COC(N1CCCCC1)N(C)c1c(C)cccc1C. The van der Waals surface area contributed by atoms with E-state index < -0.39 is 0 Å². The van der Waals surface area contributed by atoms with Crippen LogP contribution in [0.15, 0.2) is 18.2 Å². The molecule has 0 radical (unpaired) electrons. The monoisotopic (exact) mass is 262 g/mol. The maximum absolute atomic E-state index is 5.77. The largest absolute Gasteiger partial charge is 0.348 e. The van der Waals surface area contributed by atoms with Gasteiger partial charge in [-0.05, 0) is 37.8 Å². The van der Waals surface area contributed by atoms with Crippen LogP contribution < -0.4 is 4.90 Å². The van der Waals surface area contributed by atoms with Gasteiger partial charge in [0, 0.05) is 32.9 Å². The average Bonchev–Trinajstić information content (AvgIpc) is 2.40. The van der Waals surface area contributed by atoms with Crippen molar-refractivity contribution in [1.29, 1.82) is 0 Å². The zero-order valence-electron chi connectivity index (χ0n) is 12.6. The van der Waals surface area contributed by atoms with Crippen molar-refractivity contribution in [2.75, 3.05) is 32.1 Å². The molecule has 1 unspecified atom stereocenters. The Kier molecular flexibility index (Phi) is 4.83. The molecule has 1 aliphatic rings. The second-order valence-electron chi connectivity index (χ2n) is 5.51. The Labute approximate surface area is 117 Å². The summed E-state index contributed by atoms with van der Waals surface area (Å²) in [5, 5.41) is 0. The van der Waals surface area contributed by atoms with Crippen molar-refractivity contribution in [2.24, 2.45) is 0 Å². The highest BCUT2D eigenvalue weighted by Gasteiger charge is 2.25. The van der Waals surface area contributed by atoms with Crippen molar-refractivity contribution >= 4 is 5.69 Å². The van der Waals surface area contributed by atoms with Gasteiger partial charge < -0.3 is 9.64 Å². The zero-order chi connectivity index (χ0) is 13.8. The Balaban J connectivity index is 2.22. The molecule has 3 nitrogen and oxygen atoms in total. The summed E-state index contributed by atoms with van der Waals surface area (Å²) in [7, 11) is 3.95. The lowest BCUT2D eigenvalue weighted by molar-refractivity contribution is -0.0395. The average molecular weight is 262 g/mol. The van der Waals surface area contributed by atoms with Crippen molar-refractivity contribution in [2.45, 2.75) is 39.5 Å². The van der Waals surface area contributed by atoms with Gasteiger partial charge in [0.25, 0.3) is 0 Å². The first-order valence-corrected chi connectivity index (χ1v) is 7.21. The minimum Gasteiger partial charge on any atom is -0.348 e. The third-order valence-electron chi connectivity index (χ3n) is 4.04. The van der Waals surface area contributed by atoms with Crippen molar-refractivity contribution in [1.82, 2.24) is 4.90 Å². The summed E-state index contributed by atoms with van der Waals surface area (Å²) in [6.07, 6.45) is 3.95. The van der Waals surface area contributed by atoms with Crippen molar-refractivity contribution in [3.8, 4) is 0 Å². The Bertz CT molecular complexity index is 393. The molecule has 1 aliphatic heterocycles. The topological polar surface area (TPSA) is 15.7 Å². The molecule has 1 aromatic rings. The molecule has 0 N–H and O–H groups in total. The molecule has 0 saturated carbocycles. The van der Waals surface area contributed by atoms with Gasteiger partial charge in [-0.2, -0.15) is 0 Å². The number of hydrogen-bond donors (Lipinski definition) is 0. The number of aryl methyl sites for hydroxylation is 2. The second-order valence-corrected chi connectivity index (χ2v) is 5.51. The number of benzene rings is 1. The normalized spacial score (nSPS) is 18.3. The second kappa shape index (κ2) is 6.40. The molecular weight excluding hydrogens is 236 g/mol. The molecule has 0 aliphatic carbocycles. The van der Waals surface area contributed by atoms with Gasteiger partial charge in [-0.3, -0.25) is 4.90 Å². The number of hydrogen-bond acceptors (Lipinski definition) is 3. The maximum Gasteiger partial charge on any atom is 0.188 e. The summed E-state index contributed by atoms with van der Waals surface area (Å²) < 4.78 is 5.77. The van der Waals surface area contributed by atoms with Crippen LogP contribution in [-0.2, 0) is 4.74 Å². The fraction of sp³-hybridized carbons (Fsp3) is 0.625. The quantitative estimate of drug-likeness (QED) is 0.775. The van der Waals surface area contributed by atoms with Crippen molar-refractivity contribution in [3.63, 3.8) is 0 Å². The molecule has 19 heavy (non-hydrogen) atoms. The summed E-state index contributed by atoms with van der Waals surface area (Å²) in [4.78, 5) is 4.71. The smallest absolute Gasteiger partial charge is 0.188 e. The first-order valence-electron chi connectivity index (χ1n) is 7.21. The highest BCUT2D eigenvalue weighted by Crippen LogP contribution is 2.27. The number of rotatable bonds is 4. The molecule has 106 valence electrons. The maximum atomic E-state index is 5.77. The summed E-state index contributed by atoms with van der Waals surface area (Å²) in [5.41, 5.74) is 3.91. The summed E-state index contributed by atoms with van der Waals surface area (Å²) in [6, 6.07) is 6.45. The molecule has 1 saturated heterocycles. The first-order chi connectivity index (χ1) is 9.15. The molecular formula is C16H26N2O. The summed E-state index contributed by atoms with van der Waals surface area (Å²) in [6.45, 7) is 6.60. The molecule has 3 heteroatoms. The molecule has 0 bridgehead atoms. The van der Waals surface area contributed by atoms with Crippen molar-refractivity contribution in [3.05, 3.63) is 29.3 Å². The van der Waals surface area contributed by atoms with Crippen LogP contribution in [-0.4, -0.2) is 38.5 Å². The number of ether oxygens (including phenoxy) is 1. The lowest BCUT2D eigenvalue weighted by Gasteiger charge is -2.40. The van der Waals surface area contributed by atoms with Gasteiger partial charge in [0.05, 0.1) is 0 Å². The fourth-order valence-corrected chi connectivity index (χ4v) is 3.16. The predicted molar refractivity (Wildman–Crippen MR) is 80.5 cm³/mol. The van der Waals surface area contributed by atoms with E-state index in [0.29, 0.717) is 0 Å². The van der Waals surface area contributed by atoms with E-state index in [-0.39, 0.29) is 6.35 Å². The van der Waals surface area contributed by atoms with E-state index in [2.05, 4.69) is 48.9 Å². The van der Waals surface area contributed by atoms with Crippen molar-refractivity contribution < 1.29 is 4.74 Å². The highest BCUT2D eigenvalue weighted by molar-refractivity contribution is 5.58. The molecule has 1 heterocycles. The summed E-state index contributed by atoms with van der Waals surface area (Å²) >= 11 is 0. The van der Waals surface area contributed by atoms with Gasteiger partial charge in [-0.1, -0.05) is 24.6 Å². The molecule has 0 spiro atoms. The number of piperidine rings is 1. The predicted octanol–water partition coefficient (Wildman–Crippen LogP) is 3.16. The van der Waals surface area contributed by atoms with Crippen LogP contribution in [0.1, 0.15) is 30.4 Å². The Hall–Kier alpha value is -1.06. The first kappa shape index (κ1) is 14.4. The van der Waals surface area contributed by atoms with Crippen LogP contribution in [0, 0.1) is 13.8 Å². The molecule has 1 fully saturated rings. The van der Waals surface area contributed by atoms with E-state index in [9.17, 15) is 0 Å². The Morgan fingerprint density at radius 3 is 2.21 bits per heavy atom. The standard InChI is InChI=1S/C16H26N2O/c1-13-9-8-10-14(2)15(13)17(3)16(19-4)18-11-6-5-7-12-18/h8-10,16H,5-7,11-12H2,1-4H3. The van der Waals surface area contributed by atoms with Crippen LogP contribution in [0.2, 0.25) is 0 Å². The molecule has 1 atom stereocenters. The third kappa shape index (κ3) is 3.10. The molecule has 0 amide bonds. The number of para-hydroxylation sites is 1. The van der Waals surface area contributed by atoms with Crippen LogP contribution in [0.25, 0.3) is 0 Å². The summed E-state index contributed by atoms with van der Waals surface area (Å²) in [5.74, 6) is 0. The van der Waals surface area contributed by atoms with Crippen LogP contribution in [0.4, 0.5) is 5.69 Å². The van der Waals surface area contributed by atoms with E-state index >= 15 is 0 Å². The zero-order valence-corrected chi connectivity index (χ0v) is 12.6. The van der Waals surface area contributed by atoms with Gasteiger partial charge in [0.15, 0.2) is 6.35 Å². The number of anilines is 1. The van der Waals surface area contributed by atoms with E-state index in [1.807, 2.05) is 7.11 Å². The molecule has 0 aromatic heterocycles.